The summed E-state index contributed by atoms with van der Waals surface area (Å²) in [4.78, 5) is 11.0. The Hall–Kier alpha value is -0.820. The highest BCUT2D eigenvalue weighted by atomic mass is 32.2. The highest BCUT2D eigenvalue weighted by Gasteiger charge is 2.42. The van der Waals surface area contributed by atoms with E-state index in [0.29, 0.717) is 18.5 Å². The maximum Gasteiger partial charge on any atom is 0.151 e. The molecule has 0 spiro atoms. The lowest BCUT2D eigenvalue weighted by molar-refractivity contribution is -0.115. The Balaban J connectivity index is 2.21. The monoisotopic (exact) mass is 246 g/mol. The molecule has 2 rings (SSSR count). The number of carbonyl (C=O) groups excluding carboxylic acids is 1. The summed E-state index contributed by atoms with van der Waals surface area (Å²) < 4.78 is 26.4. The van der Waals surface area contributed by atoms with E-state index in [-0.39, 0.29) is 11.5 Å². The molecule has 0 radical (unpaired) electrons. The molecule has 1 aromatic heterocycles. The van der Waals surface area contributed by atoms with Crippen LogP contribution in [0.25, 0.3) is 0 Å². The third kappa shape index (κ3) is 2.23. The first-order chi connectivity index (χ1) is 7.05. The Morgan fingerprint density at radius 2 is 2.40 bits per heavy atom. The van der Waals surface area contributed by atoms with E-state index in [1.54, 1.807) is 5.38 Å². The molecule has 0 bridgehead atoms. The van der Waals surface area contributed by atoms with E-state index in [9.17, 15) is 13.2 Å². The van der Waals surface area contributed by atoms with Crippen molar-refractivity contribution in [3.63, 3.8) is 0 Å². The fourth-order valence-electron chi connectivity index (χ4n) is 1.84. The van der Waals surface area contributed by atoms with Crippen LogP contribution in [-0.2, 0) is 21.1 Å². The van der Waals surface area contributed by atoms with Crippen molar-refractivity contribution in [3.8, 4) is 0 Å². The van der Waals surface area contributed by atoms with Gasteiger partial charge in [-0.25, -0.2) is 8.42 Å². The molecule has 0 aliphatic carbocycles. The number of aromatic nitrogens is 2. The molecule has 0 N–H and O–H groups in total. The average molecular weight is 246 g/mol. The molecule has 2 heterocycles. The fraction of sp³-hybridized carbons (Fsp3) is 0.625. The summed E-state index contributed by atoms with van der Waals surface area (Å²) in [5.74, 6) is 0.0460. The van der Waals surface area contributed by atoms with E-state index in [2.05, 4.69) is 9.59 Å². The molecule has 0 amide bonds. The van der Waals surface area contributed by atoms with Crippen molar-refractivity contribution in [2.45, 2.75) is 12.8 Å². The average Bonchev–Trinajstić information content (AvgIpc) is 2.75. The van der Waals surface area contributed by atoms with Gasteiger partial charge in [-0.1, -0.05) is 4.49 Å². The molecule has 1 aromatic rings. The molecule has 1 aliphatic rings. The number of hydrogen-bond acceptors (Lipinski definition) is 6. The van der Waals surface area contributed by atoms with E-state index in [0.717, 1.165) is 6.29 Å². The first-order valence-electron chi connectivity index (χ1n) is 4.48. The Labute approximate surface area is 91.6 Å². The van der Waals surface area contributed by atoms with Gasteiger partial charge in [0, 0.05) is 17.2 Å². The summed E-state index contributed by atoms with van der Waals surface area (Å²) in [5, 5.41) is 5.58. The molecule has 1 fully saturated rings. The standard InChI is InChI=1S/C8H10N2O3S2/c11-5-8(1-2-15(12,13)6-8)3-7-4-14-10-9-7/h4-5H,1-3,6H2. The van der Waals surface area contributed by atoms with Crippen LogP contribution < -0.4 is 0 Å². The van der Waals surface area contributed by atoms with Crippen LogP contribution in [0.5, 0.6) is 0 Å². The van der Waals surface area contributed by atoms with Crippen molar-refractivity contribution in [2.75, 3.05) is 11.5 Å². The molecular formula is C8H10N2O3S2. The van der Waals surface area contributed by atoms with Crippen LogP contribution in [0.2, 0.25) is 0 Å². The smallest absolute Gasteiger partial charge is 0.151 e. The maximum atomic E-state index is 11.3. The number of aldehydes is 1. The summed E-state index contributed by atoms with van der Waals surface area (Å²) in [5.41, 5.74) is -0.0709. The van der Waals surface area contributed by atoms with E-state index >= 15 is 0 Å². The third-order valence-corrected chi connectivity index (χ3v) is 5.00. The first kappa shape index (κ1) is 10.7. The highest BCUT2D eigenvalue weighted by molar-refractivity contribution is 7.91. The van der Waals surface area contributed by atoms with Crippen LogP contribution in [-0.4, -0.2) is 35.8 Å². The van der Waals surface area contributed by atoms with Gasteiger partial charge in [0.2, 0.25) is 0 Å². The van der Waals surface area contributed by atoms with Crippen molar-refractivity contribution in [1.29, 1.82) is 0 Å². The predicted molar refractivity (Wildman–Crippen MR) is 55.4 cm³/mol. The normalized spacial score (nSPS) is 29.1. The van der Waals surface area contributed by atoms with Gasteiger partial charge in [-0.15, -0.1) is 5.10 Å². The largest absolute Gasteiger partial charge is 0.303 e. The van der Waals surface area contributed by atoms with Gasteiger partial charge < -0.3 is 4.79 Å². The van der Waals surface area contributed by atoms with Gasteiger partial charge in [-0.2, -0.15) is 0 Å². The lowest BCUT2D eigenvalue weighted by Crippen LogP contribution is -2.27. The van der Waals surface area contributed by atoms with Crippen molar-refractivity contribution >= 4 is 27.7 Å². The van der Waals surface area contributed by atoms with Crippen molar-refractivity contribution in [3.05, 3.63) is 11.1 Å². The van der Waals surface area contributed by atoms with Gasteiger partial charge in [0.05, 0.1) is 17.2 Å². The molecule has 15 heavy (non-hydrogen) atoms. The molecule has 1 saturated heterocycles. The van der Waals surface area contributed by atoms with Gasteiger partial charge in [0.1, 0.15) is 6.29 Å². The molecular weight excluding hydrogens is 236 g/mol. The topological polar surface area (TPSA) is 77.0 Å². The Kier molecular flexibility index (Phi) is 2.59. The lowest BCUT2D eigenvalue weighted by Gasteiger charge is -2.17. The number of carbonyl (C=O) groups is 1. The van der Waals surface area contributed by atoms with Crippen molar-refractivity contribution in [1.82, 2.24) is 9.59 Å². The van der Waals surface area contributed by atoms with Crippen LogP contribution in [0.4, 0.5) is 0 Å². The van der Waals surface area contributed by atoms with Crippen molar-refractivity contribution in [2.24, 2.45) is 5.41 Å². The molecule has 0 saturated carbocycles. The zero-order valence-corrected chi connectivity index (χ0v) is 9.55. The van der Waals surface area contributed by atoms with Crippen LogP contribution >= 0.6 is 11.5 Å². The van der Waals surface area contributed by atoms with E-state index in [1.807, 2.05) is 0 Å². The number of nitrogens with zero attached hydrogens (tertiary/aromatic N) is 2. The minimum atomic E-state index is -3.05. The van der Waals surface area contributed by atoms with Crippen LogP contribution in [0, 0.1) is 5.41 Å². The molecule has 82 valence electrons. The molecule has 5 nitrogen and oxygen atoms in total. The molecule has 1 aliphatic heterocycles. The summed E-state index contributed by atoms with van der Waals surface area (Å²) in [6.07, 6.45) is 1.54. The summed E-state index contributed by atoms with van der Waals surface area (Å²) in [7, 11) is -3.05. The fourth-order valence-corrected chi connectivity index (χ4v) is 4.34. The second kappa shape index (κ2) is 3.64. The maximum absolute atomic E-state index is 11.3. The zero-order chi connectivity index (χ0) is 10.9. The quantitative estimate of drug-likeness (QED) is 0.706. The minimum Gasteiger partial charge on any atom is -0.303 e. The number of hydrogen-bond donors (Lipinski definition) is 0. The van der Waals surface area contributed by atoms with Crippen LogP contribution in [0.15, 0.2) is 5.38 Å². The molecule has 0 aromatic carbocycles. The van der Waals surface area contributed by atoms with Crippen LogP contribution in [0.1, 0.15) is 12.1 Å². The summed E-state index contributed by atoms with van der Waals surface area (Å²) in [6.45, 7) is 0. The van der Waals surface area contributed by atoms with E-state index in [4.69, 9.17) is 0 Å². The second-order valence-corrected chi connectivity index (χ2v) is 6.69. The number of sulfone groups is 1. The van der Waals surface area contributed by atoms with Gasteiger partial charge in [0.25, 0.3) is 0 Å². The van der Waals surface area contributed by atoms with Gasteiger partial charge in [-0.3, -0.25) is 0 Å². The third-order valence-electron chi connectivity index (χ3n) is 2.61. The van der Waals surface area contributed by atoms with Crippen LogP contribution in [0.3, 0.4) is 0 Å². The van der Waals surface area contributed by atoms with Gasteiger partial charge >= 0.3 is 0 Å². The van der Waals surface area contributed by atoms with E-state index < -0.39 is 15.3 Å². The van der Waals surface area contributed by atoms with Gasteiger partial charge in [0.15, 0.2) is 9.84 Å². The zero-order valence-electron chi connectivity index (χ0n) is 7.92. The predicted octanol–water partition coefficient (Wildman–Crippen LogP) is 0.0844. The first-order valence-corrected chi connectivity index (χ1v) is 7.14. The molecule has 1 unspecified atom stereocenters. The number of rotatable bonds is 3. The summed E-state index contributed by atoms with van der Waals surface area (Å²) >= 11 is 1.21. The summed E-state index contributed by atoms with van der Waals surface area (Å²) in [6, 6.07) is 0. The lowest BCUT2D eigenvalue weighted by atomic mass is 9.85. The Morgan fingerprint density at radius 3 is 2.87 bits per heavy atom. The van der Waals surface area contributed by atoms with Crippen molar-refractivity contribution < 1.29 is 13.2 Å². The van der Waals surface area contributed by atoms with Gasteiger partial charge in [-0.05, 0) is 18.0 Å². The SMILES string of the molecule is O=CC1(Cc2csnn2)CCS(=O)(=O)C1. The second-order valence-electron chi connectivity index (χ2n) is 3.90. The van der Waals surface area contributed by atoms with E-state index in [1.165, 1.54) is 11.5 Å². The molecule has 7 heteroatoms. The minimum absolute atomic E-state index is 0.0545. The Morgan fingerprint density at radius 1 is 1.60 bits per heavy atom. The molecule has 1 atom stereocenters. The Bertz CT molecular complexity index is 454. The highest BCUT2D eigenvalue weighted by Crippen LogP contribution is 2.33.